The first kappa shape index (κ1) is 13.9. The first-order chi connectivity index (χ1) is 9.30. The molecule has 0 saturated heterocycles. The maximum absolute atomic E-state index is 12.6. The second-order valence-electron chi connectivity index (χ2n) is 3.97. The van der Waals surface area contributed by atoms with Gasteiger partial charge in [0.25, 0.3) is 11.5 Å². The molecule has 0 fully saturated rings. The van der Waals surface area contributed by atoms with Crippen LogP contribution < -0.4 is 4.73 Å². The van der Waals surface area contributed by atoms with Crippen molar-refractivity contribution in [1.82, 2.24) is 0 Å². The molecule has 1 aromatic carbocycles. The summed E-state index contributed by atoms with van der Waals surface area (Å²) in [5.74, 6) is -1.60. The number of carbonyl (C=O) groups is 1. The molecular weight excluding hydrogens is 275 g/mol. The number of pyridine rings is 1. The zero-order valence-corrected chi connectivity index (χ0v) is 9.89. The van der Waals surface area contributed by atoms with E-state index in [2.05, 4.69) is 0 Å². The van der Waals surface area contributed by atoms with Crippen LogP contribution in [0.15, 0.2) is 42.6 Å². The minimum Gasteiger partial charge on any atom is -0.618 e. The molecule has 2 rings (SSSR count). The van der Waals surface area contributed by atoms with Crippen LogP contribution in [-0.2, 0) is 6.18 Å². The molecule has 20 heavy (non-hydrogen) atoms. The number of aromatic hydroxyl groups is 1. The standard InChI is InChI=1S/C13H8F3NO3/c14-13(15,16)8-4-5-11(18)9(7-8)12(19)10-3-1-2-6-17(10)20/h1-7,18H. The van der Waals surface area contributed by atoms with Gasteiger partial charge in [0.1, 0.15) is 5.75 Å². The molecule has 0 atom stereocenters. The van der Waals surface area contributed by atoms with Crippen LogP contribution in [0, 0.1) is 5.21 Å². The topological polar surface area (TPSA) is 64.2 Å². The van der Waals surface area contributed by atoms with Gasteiger partial charge in [-0.05, 0) is 24.3 Å². The second-order valence-corrected chi connectivity index (χ2v) is 3.97. The zero-order valence-electron chi connectivity index (χ0n) is 9.89. The fourth-order valence-corrected chi connectivity index (χ4v) is 1.64. The number of hydrogen-bond donors (Lipinski definition) is 1. The third-order valence-corrected chi connectivity index (χ3v) is 2.63. The van der Waals surface area contributed by atoms with Crippen molar-refractivity contribution in [2.75, 3.05) is 0 Å². The molecule has 1 aromatic heterocycles. The smallest absolute Gasteiger partial charge is 0.416 e. The van der Waals surface area contributed by atoms with Gasteiger partial charge in [-0.2, -0.15) is 17.9 Å². The predicted molar refractivity (Wildman–Crippen MR) is 61.9 cm³/mol. The quantitative estimate of drug-likeness (QED) is 0.522. The van der Waals surface area contributed by atoms with Crippen molar-refractivity contribution >= 4 is 5.78 Å². The summed E-state index contributed by atoms with van der Waals surface area (Å²) in [5, 5.41) is 20.9. The lowest BCUT2D eigenvalue weighted by molar-refractivity contribution is -0.607. The van der Waals surface area contributed by atoms with E-state index in [0.717, 1.165) is 18.3 Å². The molecule has 0 unspecified atom stereocenters. The van der Waals surface area contributed by atoms with E-state index in [1.165, 1.54) is 12.1 Å². The third-order valence-electron chi connectivity index (χ3n) is 2.63. The summed E-state index contributed by atoms with van der Waals surface area (Å²) in [7, 11) is 0. The number of phenols is 1. The molecule has 0 amide bonds. The number of hydrogen-bond acceptors (Lipinski definition) is 3. The van der Waals surface area contributed by atoms with Crippen molar-refractivity contribution in [3.8, 4) is 5.75 Å². The Hall–Kier alpha value is -2.57. The maximum Gasteiger partial charge on any atom is 0.416 e. The number of rotatable bonds is 2. The van der Waals surface area contributed by atoms with E-state index in [1.54, 1.807) is 0 Å². The molecule has 0 saturated carbocycles. The predicted octanol–water partition coefficient (Wildman–Crippen LogP) is 2.28. The highest BCUT2D eigenvalue weighted by molar-refractivity contribution is 6.08. The van der Waals surface area contributed by atoms with E-state index in [9.17, 15) is 28.3 Å². The van der Waals surface area contributed by atoms with Crippen LogP contribution in [0.4, 0.5) is 13.2 Å². The lowest BCUT2D eigenvalue weighted by Crippen LogP contribution is -2.34. The van der Waals surface area contributed by atoms with Gasteiger partial charge in [-0.15, -0.1) is 0 Å². The number of carbonyl (C=O) groups excluding carboxylic acids is 1. The average Bonchev–Trinajstić information content (AvgIpc) is 2.37. The monoisotopic (exact) mass is 283 g/mol. The molecule has 2 aromatic rings. The molecule has 0 aliphatic carbocycles. The van der Waals surface area contributed by atoms with Crippen molar-refractivity contribution in [3.63, 3.8) is 0 Å². The SMILES string of the molecule is O=C(c1cc(C(F)(F)F)ccc1O)c1cccc[n+]1[O-]. The Kier molecular flexibility index (Phi) is 3.35. The highest BCUT2D eigenvalue weighted by atomic mass is 19.4. The molecule has 0 radical (unpaired) electrons. The van der Waals surface area contributed by atoms with Crippen molar-refractivity contribution in [2.45, 2.75) is 6.18 Å². The molecule has 104 valence electrons. The van der Waals surface area contributed by atoms with Crippen molar-refractivity contribution in [3.05, 3.63) is 64.6 Å². The van der Waals surface area contributed by atoms with Crippen molar-refractivity contribution in [1.29, 1.82) is 0 Å². The number of aromatic nitrogens is 1. The summed E-state index contributed by atoms with van der Waals surface area (Å²) in [4.78, 5) is 12.0. The normalized spacial score (nSPS) is 11.3. The van der Waals surface area contributed by atoms with Crippen LogP contribution in [-0.4, -0.2) is 10.9 Å². The first-order valence-corrected chi connectivity index (χ1v) is 5.44. The third kappa shape index (κ3) is 2.56. The van der Waals surface area contributed by atoms with Gasteiger partial charge in [0.05, 0.1) is 11.1 Å². The maximum atomic E-state index is 12.6. The summed E-state index contributed by atoms with van der Waals surface area (Å²) in [6.45, 7) is 0. The van der Waals surface area contributed by atoms with Crippen LogP contribution >= 0.6 is 0 Å². The van der Waals surface area contributed by atoms with E-state index >= 15 is 0 Å². The number of phenolic OH excluding ortho intramolecular Hbond substituents is 1. The number of alkyl halides is 3. The molecule has 4 nitrogen and oxygen atoms in total. The van der Waals surface area contributed by atoms with Gasteiger partial charge in [0, 0.05) is 12.1 Å². The Morgan fingerprint density at radius 3 is 2.50 bits per heavy atom. The Morgan fingerprint density at radius 1 is 1.20 bits per heavy atom. The lowest BCUT2D eigenvalue weighted by Gasteiger charge is -2.09. The van der Waals surface area contributed by atoms with Gasteiger partial charge in [-0.25, -0.2) is 0 Å². The van der Waals surface area contributed by atoms with Gasteiger partial charge in [0.15, 0.2) is 6.20 Å². The summed E-state index contributed by atoms with van der Waals surface area (Å²) >= 11 is 0. The van der Waals surface area contributed by atoms with Crippen LogP contribution in [0.3, 0.4) is 0 Å². The molecule has 0 spiro atoms. The Bertz CT molecular complexity index is 668. The van der Waals surface area contributed by atoms with E-state index in [4.69, 9.17) is 0 Å². The van der Waals surface area contributed by atoms with Gasteiger partial charge in [-0.3, -0.25) is 4.79 Å². The summed E-state index contributed by atoms with van der Waals surface area (Å²) in [5.41, 5.74) is -2.02. The first-order valence-electron chi connectivity index (χ1n) is 5.44. The Balaban J connectivity index is 2.53. The van der Waals surface area contributed by atoms with E-state index < -0.39 is 28.8 Å². The lowest BCUT2D eigenvalue weighted by atomic mass is 10.0. The molecule has 0 aliphatic rings. The summed E-state index contributed by atoms with van der Waals surface area (Å²) in [6.07, 6.45) is -3.61. The molecule has 0 aliphatic heterocycles. The van der Waals surface area contributed by atoms with E-state index in [1.807, 2.05) is 0 Å². The van der Waals surface area contributed by atoms with Crippen LogP contribution in [0.25, 0.3) is 0 Å². The minimum absolute atomic E-state index is 0.224. The highest BCUT2D eigenvalue weighted by Gasteiger charge is 2.32. The number of halogens is 3. The fourth-order valence-electron chi connectivity index (χ4n) is 1.64. The van der Waals surface area contributed by atoms with Crippen molar-refractivity contribution < 1.29 is 27.8 Å². The van der Waals surface area contributed by atoms with Gasteiger partial charge in [0.2, 0.25) is 0 Å². The Labute approximate surface area is 111 Å². The van der Waals surface area contributed by atoms with Crippen LogP contribution in [0.2, 0.25) is 0 Å². The summed E-state index contributed by atoms with van der Waals surface area (Å²) in [6, 6.07) is 5.87. The van der Waals surface area contributed by atoms with Crippen LogP contribution in [0.5, 0.6) is 5.75 Å². The number of nitrogens with zero attached hydrogens (tertiary/aromatic N) is 1. The zero-order chi connectivity index (χ0) is 14.9. The van der Waals surface area contributed by atoms with E-state index in [-0.39, 0.29) is 10.4 Å². The largest absolute Gasteiger partial charge is 0.618 e. The van der Waals surface area contributed by atoms with Crippen LogP contribution in [0.1, 0.15) is 21.6 Å². The van der Waals surface area contributed by atoms with Gasteiger partial charge >= 0.3 is 6.18 Å². The average molecular weight is 283 g/mol. The van der Waals surface area contributed by atoms with Gasteiger partial charge in [-0.1, -0.05) is 0 Å². The minimum atomic E-state index is -4.65. The summed E-state index contributed by atoms with van der Waals surface area (Å²) < 4.78 is 38.0. The highest BCUT2D eigenvalue weighted by Crippen LogP contribution is 2.32. The van der Waals surface area contributed by atoms with Crippen molar-refractivity contribution in [2.24, 2.45) is 0 Å². The molecule has 0 bridgehead atoms. The molecule has 1 N–H and O–H groups in total. The number of ketones is 1. The molecule has 7 heteroatoms. The molecular formula is C13H8F3NO3. The second kappa shape index (κ2) is 4.84. The van der Waals surface area contributed by atoms with Gasteiger partial charge < -0.3 is 10.3 Å². The van der Waals surface area contributed by atoms with E-state index in [0.29, 0.717) is 12.1 Å². The number of benzene rings is 1. The molecule has 1 heterocycles. The Morgan fingerprint density at radius 2 is 1.90 bits per heavy atom. The fraction of sp³-hybridized carbons (Fsp3) is 0.0769.